The smallest absolute Gasteiger partial charge is 0.310 e. The maximum Gasteiger partial charge on any atom is 0.310 e. The molecule has 5 heteroatoms. The Labute approximate surface area is 121 Å². The molecule has 0 aliphatic rings. The molecule has 2 rings (SSSR count). The highest BCUT2D eigenvalue weighted by molar-refractivity contribution is 7.12. The number of esters is 1. The molecule has 0 aliphatic heterocycles. The molecule has 1 N–H and O–H groups in total. The molecule has 20 heavy (non-hydrogen) atoms. The lowest BCUT2D eigenvalue weighted by Crippen LogP contribution is -2.12. The molecule has 0 bridgehead atoms. The van der Waals surface area contributed by atoms with E-state index in [9.17, 15) is 9.18 Å². The van der Waals surface area contributed by atoms with Crippen LogP contribution in [0.3, 0.4) is 0 Å². The molecule has 0 atom stereocenters. The van der Waals surface area contributed by atoms with E-state index in [1.165, 1.54) is 13.2 Å². The van der Waals surface area contributed by atoms with Crippen molar-refractivity contribution in [1.29, 1.82) is 0 Å². The first-order valence-corrected chi connectivity index (χ1v) is 7.09. The van der Waals surface area contributed by atoms with E-state index in [4.69, 9.17) is 0 Å². The van der Waals surface area contributed by atoms with Crippen LogP contribution in [0.4, 0.5) is 4.39 Å². The Morgan fingerprint density at radius 1 is 1.20 bits per heavy atom. The highest BCUT2D eigenvalue weighted by Gasteiger charge is 2.06. The number of hydrogen-bond acceptors (Lipinski definition) is 4. The summed E-state index contributed by atoms with van der Waals surface area (Å²) in [5.74, 6) is -0.435. The Morgan fingerprint density at radius 2 is 1.95 bits per heavy atom. The number of nitrogens with one attached hydrogen (secondary N) is 1. The monoisotopic (exact) mass is 293 g/mol. The van der Waals surface area contributed by atoms with Gasteiger partial charge in [0.25, 0.3) is 0 Å². The third kappa shape index (κ3) is 4.15. The van der Waals surface area contributed by atoms with Gasteiger partial charge in [0.05, 0.1) is 13.5 Å². The van der Waals surface area contributed by atoms with Crippen LogP contribution in [0.5, 0.6) is 0 Å². The number of thiophene rings is 1. The van der Waals surface area contributed by atoms with Gasteiger partial charge in [-0.3, -0.25) is 4.79 Å². The van der Waals surface area contributed by atoms with Crippen LogP contribution >= 0.6 is 11.3 Å². The lowest BCUT2D eigenvalue weighted by Gasteiger charge is -2.04. The Balaban J connectivity index is 1.83. The number of hydrogen-bond donors (Lipinski definition) is 1. The third-order valence-electron chi connectivity index (χ3n) is 2.84. The highest BCUT2D eigenvalue weighted by Crippen LogP contribution is 2.17. The molecule has 0 fully saturated rings. The summed E-state index contributed by atoms with van der Waals surface area (Å²) >= 11 is 1.56. The lowest BCUT2D eigenvalue weighted by molar-refractivity contribution is -0.139. The molecule has 0 saturated heterocycles. The normalized spacial score (nSPS) is 10.5. The van der Waals surface area contributed by atoms with Gasteiger partial charge in [0.15, 0.2) is 0 Å². The molecular weight excluding hydrogens is 277 g/mol. The van der Waals surface area contributed by atoms with Gasteiger partial charge in [0, 0.05) is 28.4 Å². The van der Waals surface area contributed by atoms with Crippen LogP contribution in [0.2, 0.25) is 0 Å². The van der Waals surface area contributed by atoms with E-state index in [-0.39, 0.29) is 11.8 Å². The molecule has 1 heterocycles. The molecule has 0 spiro atoms. The topological polar surface area (TPSA) is 38.3 Å². The zero-order chi connectivity index (χ0) is 14.4. The van der Waals surface area contributed by atoms with Crippen LogP contribution in [0.1, 0.15) is 15.3 Å². The number of carbonyl (C=O) groups excluding carboxylic acids is 1. The Bertz CT molecular complexity index is 583. The van der Waals surface area contributed by atoms with Crippen molar-refractivity contribution in [2.45, 2.75) is 19.5 Å². The van der Waals surface area contributed by atoms with E-state index in [1.54, 1.807) is 23.5 Å². The highest BCUT2D eigenvalue weighted by atomic mass is 32.1. The Kier molecular flexibility index (Phi) is 5.26. The predicted octanol–water partition coefficient (Wildman–Crippen LogP) is 2.89. The molecule has 0 unspecified atom stereocenters. The van der Waals surface area contributed by atoms with Gasteiger partial charge in [-0.1, -0.05) is 18.2 Å². The number of carbonyl (C=O) groups is 1. The number of rotatable bonds is 6. The minimum Gasteiger partial charge on any atom is -0.469 e. The zero-order valence-electron chi connectivity index (χ0n) is 11.2. The van der Waals surface area contributed by atoms with E-state index >= 15 is 0 Å². The molecular formula is C15H16FNO2S. The van der Waals surface area contributed by atoms with Gasteiger partial charge in [-0.05, 0) is 18.2 Å². The fraction of sp³-hybridized carbons (Fsp3) is 0.267. The van der Waals surface area contributed by atoms with Crippen LogP contribution in [-0.4, -0.2) is 13.1 Å². The second kappa shape index (κ2) is 7.17. The van der Waals surface area contributed by atoms with Gasteiger partial charge in [-0.2, -0.15) is 0 Å². The van der Waals surface area contributed by atoms with Crippen LogP contribution in [0.15, 0.2) is 36.4 Å². The molecule has 0 aliphatic carbocycles. The number of halogens is 1. The SMILES string of the molecule is COC(=O)Cc1ccc(CNCc2ccccc2F)s1. The van der Waals surface area contributed by atoms with E-state index < -0.39 is 0 Å². The predicted molar refractivity (Wildman–Crippen MR) is 77.0 cm³/mol. The van der Waals surface area contributed by atoms with Gasteiger partial charge in [-0.25, -0.2) is 4.39 Å². The fourth-order valence-corrected chi connectivity index (χ4v) is 2.76. The second-order valence-electron chi connectivity index (χ2n) is 4.32. The van der Waals surface area contributed by atoms with Gasteiger partial charge in [0.2, 0.25) is 0 Å². The first-order valence-electron chi connectivity index (χ1n) is 6.27. The molecule has 2 aromatic rings. The summed E-state index contributed by atoms with van der Waals surface area (Å²) in [5, 5.41) is 3.19. The molecule has 1 aromatic heterocycles. The maximum atomic E-state index is 13.4. The average Bonchev–Trinajstić information content (AvgIpc) is 2.88. The Hall–Kier alpha value is -1.72. The van der Waals surface area contributed by atoms with E-state index in [2.05, 4.69) is 10.1 Å². The summed E-state index contributed by atoms with van der Waals surface area (Å²) in [6, 6.07) is 10.6. The van der Waals surface area contributed by atoms with E-state index in [1.807, 2.05) is 18.2 Å². The summed E-state index contributed by atoms with van der Waals surface area (Å²) in [7, 11) is 1.38. The molecule has 0 radical (unpaired) electrons. The van der Waals surface area contributed by atoms with Crippen molar-refractivity contribution in [2.75, 3.05) is 7.11 Å². The van der Waals surface area contributed by atoms with Crippen molar-refractivity contribution in [3.8, 4) is 0 Å². The first-order chi connectivity index (χ1) is 9.69. The number of benzene rings is 1. The van der Waals surface area contributed by atoms with E-state index in [0.29, 0.717) is 25.1 Å². The van der Waals surface area contributed by atoms with Gasteiger partial charge in [0.1, 0.15) is 5.82 Å². The quantitative estimate of drug-likeness (QED) is 0.832. The van der Waals surface area contributed by atoms with Crippen LogP contribution in [0.25, 0.3) is 0 Å². The van der Waals surface area contributed by atoms with Crippen LogP contribution in [0, 0.1) is 5.82 Å². The third-order valence-corrected chi connectivity index (χ3v) is 3.92. The molecule has 3 nitrogen and oxygen atoms in total. The first kappa shape index (κ1) is 14.7. The summed E-state index contributed by atoms with van der Waals surface area (Å²) in [5.41, 5.74) is 0.652. The van der Waals surface area contributed by atoms with Crippen molar-refractivity contribution in [3.05, 3.63) is 57.5 Å². The van der Waals surface area contributed by atoms with Crippen LogP contribution in [-0.2, 0) is 29.0 Å². The van der Waals surface area contributed by atoms with Crippen LogP contribution < -0.4 is 5.32 Å². The molecule has 106 valence electrons. The van der Waals surface area contributed by atoms with Crippen molar-refractivity contribution in [1.82, 2.24) is 5.32 Å². The molecule has 0 saturated carbocycles. The molecule has 0 amide bonds. The largest absolute Gasteiger partial charge is 0.469 e. The maximum absolute atomic E-state index is 13.4. The summed E-state index contributed by atoms with van der Waals surface area (Å²) in [4.78, 5) is 13.2. The minimum atomic E-state index is -0.238. The zero-order valence-corrected chi connectivity index (χ0v) is 12.0. The van der Waals surface area contributed by atoms with Crippen molar-refractivity contribution in [3.63, 3.8) is 0 Å². The number of ether oxygens (including phenoxy) is 1. The van der Waals surface area contributed by atoms with Crippen molar-refractivity contribution < 1.29 is 13.9 Å². The van der Waals surface area contributed by atoms with Gasteiger partial charge >= 0.3 is 5.97 Å². The number of methoxy groups -OCH3 is 1. The summed E-state index contributed by atoms with van der Waals surface area (Å²) < 4.78 is 18.0. The van der Waals surface area contributed by atoms with Gasteiger partial charge < -0.3 is 10.1 Å². The van der Waals surface area contributed by atoms with Crippen molar-refractivity contribution in [2.24, 2.45) is 0 Å². The average molecular weight is 293 g/mol. The van der Waals surface area contributed by atoms with Gasteiger partial charge in [-0.15, -0.1) is 11.3 Å². The molecule has 1 aromatic carbocycles. The summed E-state index contributed by atoms with van der Waals surface area (Å²) in [6.45, 7) is 1.14. The Morgan fingerprint density at radius 3 is 2.70 bits per heavy atom. The summed E-state index contributed by atoms with van der Waals surface area (Å²) in [6.07, 6.45) is 0.300. The van der Waals surface area contributed by atoms with Crippen molar-refractivity contribution >= 4 is 17.3 Å². The van der Waals surface area contributed by atoms with E-state index in [0.717, 1.165) is 9.75 Å². The second-order valence-corrected chi connectivity index (χ2v) is 5.57. The minimum absolute atomic E-state index is 0.197. The standard InChI is InChI=1S/C15H16FNO2S/c1-19-15(18)8-12-6-7-13(20-12)10-17-9-11-4-2-3-5-14(11)16/h2-7,17H,8-10H2,1H3. The fourth-order valence-electron chi connectivity index (χ4n) is 1.79. The lowest BCUT2D eigenvalue weighted by atomic mass is 10.2.